The molecule has 0 spiro atoms. The topological polar surface area (TPSA) is 83.2 Å². The van der Waals surface area contributed by atoms with E-state index in [9.17, 15) is 9.59 Å². The van der Waals surface area contributed by atoms with Gasteiger partial charge >= 0.3 is 0 Å². The van der Waals surface area contributed by atoms with E-state index in [2.05, 4.69) is 15.6 Å². The predicted molar refractivity (Wildman–Crippen MR) is 100 cm³/mol. The average Bonchev–Trinajstić information content (AvgIpc) is 3.11. The number of aromatic amines is 1. The molecule has 0 saturated carbocycles. The number of aromatic nitrogens is 1. The molecule has 6 heteroatoms. The highest BCUT2D eigenvalue weighted by Crippen LogP contribution is 2.14. The number of hydrogen-bond donors (Lipinski definition) is 3. The molecule has 0 unspecified atom stereocenters. The van der Waals surface area contributed by atoms with E-state index in [4.69, 9.17) is 4.74 Å². The number of amides is 2. The van der Waals surface area contributed by atoms with Gasteiger partial charge in [0.05, 0.1) is 0 Å². The minimum Gasteiger partial charge on any atom is -0.484 e. The summed E-state index contributed by atoms with van der Waals surface area (Å²) in [5.41, 5.74) is 1.47. The lowest BCUT2D eigenvalue weighted by Crippen LogP contribution is -2.32. The Morgan fingerprint density at radius 2 is 1.65 bits per heavy atom. The maximum atomic E-state index is 12.1. The lowest BCUT2D eigenvalue weighted by molar-refractivity contribution is -0.123. The summed E-state index contributed by atoms with van der Waals surface area (Å²) in [7, 11) is 0. The molecule has 3 N–H and O–H groups in total. The highest BCUT2D eigenvalue weighted by Gasteiger charge is 2.08. The van der Waals surface area contributed by atoms with Crippen LogP contribution in [-0.4, -0.2) is 36.5 Å². The number of para-hydroxylation sites is 2. The van der Waals surface area contributed by atoms with Crippen molar-refractivity contribution in [3.8, 4) is 5.75 Å². The molecule has 0 radical (unpaired) electrons. The zero-order chi connectivity index (χ0) is 18.2. The van der Waals surface area contributed by atoms with Crippen molar-refractivity contribution >= 4 is 22.7 Å². The van der Waals surface area contributed by atoms with E-state index >= 15 is 0 Å². The number of hydrogen-bond acceptors (Lipinski definition) is 3. The van der Waals surface area contributed by atoms with Crippen molar-refractivity contribution in [2.24, 2.45) is 0 Å². The van der Waals surface area contributed by atoms with E-state index < -0.39 is 0 Å². The van der Waals surface area contributed by atoms with Gasteiger partial charge in [0.15, 0.2) is 6.61 Å². The Balaban J connectivity index is 1.32. The number of benzene rings is 2. The van der Waals surface area contributed by atoms with Crippen LogP contribution in [0.25, 0.3) is 10.9 Å². The van der Waals surface area contributed by atoms with Gasteiger partial charge in [-0.3, -0.25) is 9.59 Å². The fourth-order valence-corrected chi connectivity index (χ4v) is 2.53. The maximum Gasteiger partial charge on any atom is 0.267 e. The molecule has 0 atom stereocenters. The molecule has 134 valence electrons. The lowest BCUT2D eigenvalue weighted by Gasteiger charge is -2.08. The van der Waals surface area contributed by atoms with Crippen LogP contribution in [0.5, 0.6) is 5.75 Å². The lowest BCUT2D eigenvalue weighted by atomic mass is 10.2. The number of carbonyl (C=O) groups is 2. The van der Waals surface area contributed by atoms with Crippen molar-refractivity contribution < 1.29 is 14.3 Å². The van der Waals surface area contributed by atoms with Gasteiger partial charge in [0.2, 0.25) is 0 Å². The van der Waals surface area contributed by atoms with Gasteiger partial charge in [-0.1, -0.05) is 36.4 Å². The largest absolute Gasteiger partial charge is 0.484 e. The summed E-state index contributed by atoms with van der Waals surface area (Å²) in [6.45, 7) is 0.934. The van der Waals surface area contributed by atoms with E-state index in [1.54, 1.807) is 12.1 Å². The van der Waals surface area contributed by atoms with Crippen molar-refractivity contribution in [2.45, 2.75) is 6.42 Å². The molecular weight excluding hydrogens is 330 g/mol. The average molecular weight is 351 g/mol. The second-order valence-corrected chi connectivity index (χ2v) is 5.83. The van der Waals surface area contributed by atoms with E-state index in [1.807, 2.05) is 48.5 Å². The Labute approximate surface area is 151 Å². The fraction of sp³-hybridized carbons (Fsp3) is 0.200. The van der Waals surface area contributed by atoms with Gasteiger partial charge in [-0.2, -0.15) is 0 Å². The van der Waals surface area contributed by atoms with Gasteiger partial charge in [0.25, 0.3) is 11.8 Å². The number of rotatable bonds is 8. The monoisotopic (exact) mass is 351 g/mol. The molecule has 26 heavy (non-hydrogen) atoms. The van der Waals surface area contributed by atoms with Crippen LogP contribution in [0.2, 0.25) is 0 Å². The molecule has 3 aromatic rings. The first kappa shape index (κ1) is 17.5. The number of nitrogens with one attached hydrogen (secondary N) is 3. The van der Waals surface area contributed by atoms with Crippen molar-refractivity contribution in [3.63, 3.8) is 0 Å². The van der Waals surface area contributed by atoms with E-state index in [0.29, 0.717) is 31.0 Å². The van der Waals surface area contributed by atoms with Crippen molar-refractivity contribution in [2.75, 3.05) is 19.7 Å². The summed E-state index contributed by atoms with van der Waals surface area (Å²) >= 11 is 0. The summed E-state index contributed by atoms with van der Waals surface area (Å²) < 4.78 is 5.36. The van der Waals surface area contributed by atoms with Crippen molar-refractivity contribution in [3.05, 3.63) is 66.4 Å². The summed E-state index contributed by atoms with van der Waals surface area (Å²) in [6, 6.07) is 18.7. The molecule has 2 aromatic carbocycles. The zero-order valence-electron chi connectivity index (χ0n) is 14.3. The molecule has 6 nitrogen and oxygen atoms in total. The summed E-state index contributed by atoms with van der Waals surface area (Å²) in [6.07, 6.45) is 0.642. The maximum absolute atomic E-state index is 12.1. The second kappa shape index (κ2) is 8.71. The van der Waals surface area contributed by atoms with Crippen LogP contribution in [0, 0.1) is 0 Å². The van der Waals surface area contributed by atoms with E-state index in [0.717, 1.165) is 10.9 Å². The van der Waals surface area contributed by atoms with Gasteiger partial charge < -0.3 is 20.4 Å². The minimum absolute atomic E-state index is 0.0224. The first-order valence-electron chi connectivity index (χ1n) is 8.53. The highest BCUT2D eigenvalue weighted by atomic mass is 16.5. The summed E-state index contributed by atoms with van der Waals surface area (Å²) in [4.78, 5) is 26.9. The highest BCUT2D eigenvalue weighted by molar-refractivity contribution is 5.97. The third-order valence-electron chi connectivity index (χ3n) is 3.85. The zero-order valence-corrected chi connectivity index (χ0v) is 14.3. The van der Waals surface area contributed by atoms with Gasteiger partial charge in [-0.25, -0.2) is 0 Å². The SMILES string of the molecule is O=C(COc1ccccc1)NCCCNC(=O)c1cc2ccccc2[nH]1. The first-order chi connectivity index (χ1) is 12.7. The van der Waals surface area contributed by atoms with E-state index in [-0.39, 0.29) is 18.4 Å². The minimum atomic E-state index is -0.184. The first-order valence-corrected chi connectivity index (χ1v) is 8.53. The summed E-state index contributed by atoms with van der Waals surface area (Å²) in [5.74, 6) is 0.323. The van der Waals surface area contributed by atoms with Crippen LogP contribution in [0.4, 0.5) is 0 Å². The third kappa shape index (κ3) is 4.86. The standard InChI is InChI=1S/C20H21N3O3/c24-19(14-26-16-8-2-1-3-9-16)21-11-6-12-22-20(25)18-13-15-7-4-5-10-17(15)23-18/h1-5,7-10,13,23H,6,11-12,14H2,(H,21,24)(H,22,25). The Hall–Kier alpha value is -3.28. The van der Waals surface area contributed by atoms with Gasteiger partial charge in [-0.05, 0) is 30.7 Å². The second-order valence-electron chi connectivity index (χ2n) is 5.83. The van der Waals surface area contributed by atoms with Crippen LogP contribution in [0.1, 0.15) is 16.9 Å². The van der Waals surface area contributed by atoms with E-state index in [1.165, 1.54) is 0 Å². The third-order valence-corrected chi connectivity index (χ3v) is 3.85. The fourth-order valence-electron chi connectivity index (χ4n) is 2.53. The molecule has 2 amide bonds. The Bertz CT molecular complexity index is 841. The van der Waals surface area contributed by atoms with Crippen LogP contribution in [-0.2, 0) is 4.79 Å². The molecule has 1 aromatic heterocycles. The number of fused-ring (bicyclic) bond motifs is 1. The number of carbonyl (C=O) groups excluding carboxylic acids is 2. The molecule has 0 aliphatic heterocycles. The Kier molecular flexibility index (Phi) is 5.88. The van der Waals surface area contributed by atoms with Gasteiger partial charge in [-0.15, -0.1) is 0 Å². The van der Waals surface area contributed by atoms with Crippen LogP contribution < -0.4 is 15.4 Å². The molecule has 3 rings (SSSR count). The quantitative estimate of drug-likeness (QED) is 0.545. The Morgan fingerprint density at radius 3 is 2.46 bits per heavy atom. The van der Waals surface area contributed by atoms with Crippen molar-refractivity contribution in [1.82, 2.24) is 15.6 Å². The molecular formula is C20H21N3O3. The van der Waals surface area contributed by atoms with Gasteiger partial charge in [0, 0.05) is 24.0 Å². The predicted octanol–water partition coefficient (Wildman–Crippen LogP) is 2.48. The number of ether oxygens (including phenoxy) is 1. The summed E-state index contributed by atoms with van der Waals surface area (Å²) in [5, 5.41) is 6.61. The number of H-pyrrole nitrogens is 1. The van der Waals surface area contributed by atoms with Crippen molar-refractivity contribution in [1.29, 1.82) is 0 Å². The Morgan fingerprint density at radius 1 is 0.923 bits per heavy atom. The normalized spacial score (nSPS) is 10.5. The molecule has 0 bridgehead atoms. The van der Waals surface area contributed by atoms with Gasteiger partial charge in [0.1, 0.15) is 11.4 Å². The smallest absolute Gasteiger partial charge is 0.267 e. The van der Waals surface area contributed by atoms with Crippen LogP contribution in [0.15, 0.2) is 60.7 Å². The molecule has 1 heterocycles. The van der Waals surface area contributed by atoms with Crippen LogP contribution in [0.3, 0.4) is 0 Å². The van der Waals surface area contributed by atoms with Crippen LogP contribution >= 0.6 is 0 Å². The molecule has 0 aliphatic rings. The molecule has 0 aliphatic carbocycles. The molecule has 0 saturated heterocycles. The molecule has 0 fully saturated rings.